The molecule has 36 heavy (non-hydrogen) atoms. The molecule has 0 radical (unpaired) electrons. The van der Waals surface area contributed by atoms with E-state index in [1.807, 2.05) is 30.3 Å². The van der Waals surface area contributed by atoms with Crippen LogP contribution in [0.25, 0.3) is 21.8 Å². The van der Waals surface area contributed by atoms with Crippen LogP contribution >= 0.6 is 11.3 Å². The van der Waals surface area contributed by atoms with E-state index in [4.69, 9.17) is 4.74 Å². The fraction of sp³-hybridized carbons (Fsp3) is 0.167. The predicted octanol–water partition coefficient (Wildman–Crippen LogP) is 3.86. The SMILES string of the molecule is CCOC(=O)c1cc(-c2ccccc2)sc1NC(=O)Cn1cnc(-c2cccc(NS(C)(=O)=O)c2)n1. The van der Waals surface area contributed by atoms with E-state index in [-0.39, 0.29) is 18.7 Å². The van der Waals surface area contributed by atoms with Crippen molar-refractivity contribution in [1.29, 1.82) is 0 Å². The van der Waals surface area contributed by atoms with Crippen LogP contribution in [0, 0.1) is 0 Å². The summed E-state index contributed by atoms with van der Waals surface area (Å²) in [7, 11) is -3.43. The summed E-state index contributed by atoms with van der Waals surface area (Å²) in [6.07, 6.45) is 2.47. The lowest BCUT2D eigenvalue weighted by molar-refractivity contribution is -0.116. The van der Waals surface area contributed by atoms with E-state index in [2.05, 4.69) is 20.1 Å². The highest BCUT2D eigenvalue weighted by Crippen LogP contribution is 2.36. The Labute approximate surface area is 212 Å². The fourth-order valence-corrected chi connectivity index (χ4v) is 4.96. The van der Waals surface area contributed by atoms with E-state index in [9.17, 15) is 18.0 Å². The van der Waals surface area contributed by atoms with Gasteiger partial charge in [0.25, 0.3) is 0 Å². The van der Waals surface area contributed by atoms with Crippen molar-refractivity contribution >= 4 is 43.9 Å². The van der Waals surface area contributed by atoms with Crippen LogP contribution in [-0.2, 0) is 26.1 Å². The lowest BCUT2D eigenvalue weighted by Crippen LogP contribution is -2.20. The number of esters is 1. The van der Waals surface area contributed by atoms with E-state index in [0.29, 0.717) is 22.1 Å². The third-order valence-corrected chi connectivity index (χ3v) is 6.51. The number of sulfonamides is 1. The number of hydrogen-bond donors (Lipinski definition) is 2. The summed E-state index contributed by atoms with van der Waals surface area (Å²) < 4.78 is 31.9. The monoisotopic (exact) mass is 525 g/mol. The molecule has 0 aliphatic carbocycles. The number of carbonyl (C=O) groups excluding carboxylic acids is 2. The zero-order valence-electron chi connectivity index (χ0n) is 19.5. The van der Waals surface area contributed by atoms with E-state index in [0.717, 1.165) is 16.7 Å². The Balaban J connectivity index is 1.50. The van der Waals surface area contributed by atoms with E-state index >= 15 is 0 Å². The van der Waals surface area contributed by atoms with Gasteiger partial charge in [0.2, 0.25) is 15.9 Å². The Morgan fingerprint density at radius 3 is 2.53 bits per heavy atom. The Hall–Kier alpha value is -4.03. The summed E-state index contributed by atoms with van der Waals surface area (Å²) in [4.78, 5) is 30.3. The van der Waals surface area contributed by atoms with Gasteiger partial charge in [-0.15, -0.1) is 11.3 Å². The molecule has 2 aromatic heterocycles. The van der Waals surface area contributed by atoms with Crippen LogP contribution in [0.2, 0.25) is 0 Å². The Bertz CT molecular complexity index is 1500. The molecule has 2 heterocycles. The summed E-state index contributed by atoms with van der Waals surface area (Å²) in [5.74, 6) is -0.586. The fourth-order valence-electron chi connectivity index (χ4n) is 3.34. The van der Waals surface area contributed by atoms with Crippen molar-refractivity contribution in [2.75, 3.05) is 22.9 Å². The van der Waals surface area contributed by atoms with E-state index in [1.54, 1.807) is 37.3 Å². The number of amides is 1. The van der Waals surface area contributed by atoms with Crippen LogP contribution in [0.3, 0.4) is 0 Å². The van der Waals surface area contributed by atoms with Crippen molar-refractivity contribution < 1.29 is 22.7 Å². The largest absolute Gasteiger partial charge is 0.462 e. The van der Waals surface area contributed by atoms with Crippen LogP contribution in [-0.4, -0.2) is 47.9 Å². The molecule has 186 valence electrons. The molecule has 12 heteroatoms. The minimum Gasteiger partial charge on any atom is -0.462 e. The average molecular weight is 526 g/mol. The summed E-state index contributed by atoms with van der Waals surface area (Å²) in [6, 6.07) is 17.9. The molecule has 4 aromatic rings. The molecular weight excluding hydrogens is 502 g/mol. The Morgan fingerprint density at radius 1 is 1.06 bits per heavy atom. The number of rotatable bonds is 9. The first-order valence-corrected chi connectivity index (χ1v) is 13.6. The van der Waals surface area contributed by atoms with Crippen LogP contribution in [0.4, 0.5) is 10.7 Å². The topological polar surface area (TPSA) is 132 Å². The number of aromatic nitrogens is 3. The molecule has 0 atom stereocenters. The van der Waals surface area contributed by atoms with Gasteiger partial charge in [0.1, 0.15) is 17.9 Å². The third-order valence-electron chi connectivity index (χ3n) is 4.80. The van der Waals surface area contributed by atoms with Gasteiger partial charge in [-0.1, -0.05) is 42.5 Å². The Morgan fingerprint density at radius 2 is 1.81 bits per heavy atom. The molecule has 0 aliphatic rings. The van der Waals surface area contributed by atoms with Gasteiger partial charge in [0.15, 0.2) is 5.82 Å². The quantitative estimate of drug-likeness (QED) is 0.317. The van der Waals surface area contributed by atoms with Crippen LogP contribution in [0.5, 0.6) is 0 Å². The summed E-state index contributed by atoms with van der Waals surface area (Å²) >= 11 is 1.28. The van der Waals surface area contributed by atoms with Crippen molar-refractivity contribution in [1.82, 2.24) is 14.8 Å². The highest BCUT2D eigenvalue weighted by Gasteiger charge is 2.20. The number of nitrogens with one attached hydrogen (secondary N) is 2. The minimum atomic E-state index is -3.43. The molecule has 0 saturated heterocycles. The second-order valence-electron chi connectivity index (χ2n) is 7.71. The van der Waals surface area contributed by atoms with Gasteiger partial charge < -0.3 is 10.1 Å². The first-order valence-electron chi connectivity index (χ1n) is 10.9. The number of carbonyl (C=O) groups is 2. The molecule has 1 amide bonds. The van der Waals surface area contributed by atoms with Gasteiger partial charge in [-0.05, 0) is 30.7 Å². The molecule has 0 spiro atoms. The molecule has 0 fully saturated rings. The van der Waals surface area contributed by atoms with Crippen LogP contribution in [0.15, 0.2) is 67.0 Å². The van der Waals surface area contributed by atoms with Crippen LogP contribution < -0.4 is 10.0 Å². The van der Waals surface area contributed by atoms with Gasteiger partial charge >= 0.3 is 5.97 Å². The standard InChI is InChI=1S/C24H23N5O5S2/c1-3-34-24(31)19-13-20(16-8-5-4-6-9-16)35-23(19)26-21(30)14-29-15-25-22(27-29)17-10-7-11-18(12-17)28-36(2,32)33/h4-13,15,28H,3,14H2,1-2H3,(H,26,30). The summed E-state index contributed by atoms with van der Waals surface area (Å²) in [6.45, 7) is 1.79. The molecule has 10 nitrogen and oxygen atoms in total. The number of thiophene rings is 1. The lowest BCUT2D eigenvalue weighted by Gasteiger charge is -2.06. The molecule has 4 rings (SSSR count). The minimum absolute atomic E-state index is 0.144. The van der Waals surface area contributed by atoms with Gasteiger partial charge in [0, 0.05) is 16.1 Å². The molecule has 0 aliphatic heterocycles. The maximum atomic E-state index is 12.8. The smallest absolute Gasteiger partial charge is 0.341 e. The maximum Gasteiger partial charge on any atom is 0.341 e. The molecule has 0 unspecified atom stereocenters. The van der Waals surface area contributed by atoms with Crippen molar-refractivity contribution in [3.05, 3.63) is 72.6 Å². The van der Waals surface area contributed by atoms with Crippen molar-refractivity contribution in [2.24, 2.45) is 0 Å². The maximum absolute atomic E-state index is 12.8. The number of nitrogens with zero attached hydrogens (tertiary/aromatic N) is 3. The number of benzene rings is 2. The lowest BCUT2D eigenvalue weighted by atomic mass is 10.1. The Kier molecular flexibility index (Phi) is 7.46. The highest BCUT2D eigenvalue weighted by atomic mass is 32.2. The zero-order valence-corrected chi connectivity index (χ0v) is 21.1. The van der Waals surface area contributed by atoms with Gasteiger partial charge in [-0.2, -0.15) is 5.10 Å². The summed E-state index contributed by atoms with van der Waals surface area (Å²) in [5, 5.41) is 7.49. The molecule has 2 N–H and O–H groups in total. The molecular formula is C24H23N5O5S2. The van der Waals surface area contributed by atoms with E-state index in [1.165, 1.54) is 22.3 Å². The van der Waals surface area contributed by atoms with Crippen molar-refractivity contribution in [3.8, 4) is 21.8 Å². The van der Waals surface area contributed by atoms with E-state index < -0.39 is 21.9 Å². The number of hydrogen-bond acceptors (Lipinski definition) is 8. The normalized spacial score (nSPS) is 11.2. The van der Waals surface area contributed by atoms with Gasteiger partial charge in [-0.25, -0.2) is 22.9 Å². The van der Waals surface area contributed by atoms with Crippen LogP contribution in [0.1, 0.15) is 17.3 Å². The first-order chi connectivity index (χ1) is 17.2. The zero-order chi connectivity index (χ0) is 25.7. The molecule has 2 aromatic carbocycles. The number of anilines is 2. The second kappa shape index (κ2) is 10.7. The van der Waals surface area contributed by atoms with Gasteiger partial charge in [0.05, 0.1) is 18.4 Å². The van der Waals surface area contributed by atoms with Gasteiger partial charge in [-0.3, -0.25) is 9.52 Å². The molecule has 0 bridgehead atoms. The first kappa shape index (κ1) is 25.1. The molecule has 0 saturated carbocycles. The summed E-state index contributed by atoms with van der Waals surface area (Å²) in [5.41, 5.74) is 2.16. The highest BCUT2D eigenvalue weighted by molar-refractivity contribution is 7.92. The second-order valence-corrected chi connectivity index (χ2v) is 10.5. The van der Waals surface area contributed by atoms with Crippen molar-refractivity contribution in [3.63, 3.8) is 0 Å². The van der Waals surface area contributed by atoms with Crippen molar-refractivity contribution in [2.45, 2.75) is 13.5 Å². The average Bonchev–Trinajstić information content (AvgIpc) is 3.46. The predicted molar refractivity (Wildman–Crippen MR) is 138 cm³/mol. The third kappa shape index (κ3) is 6.34. The number of ether oxygens (including phenoxy) is 1.